The van der Waals surface area contributed by atoms with E-state index in [0.717, 1.165) is 18.7 Å². The van der Waals surface area contributed by atoms with Crippen LogP contribution in [0.2, 0.25) is 0 Å². The average Bonchev–Trinajstić information content (AvgIpc) is 2.26. The summed E-state index contributed by atoms with van der Waals surface area (Å²) in [6.07, 6.45) is 2.15. The second kappa shape index (κ2) is 5.71. The Morgan fingerprint density at radius 1 is 1.22 bits per heavy atom. The largest absolute Gasteiger partial charge is 0.385 e. The number of rotatable bonds is 6. The minimum Gasteiger partial charge on any atom is -0.385 e. The van der Waals surface area contributed by atoms with Gasteiger partial charge in [0.25, 0.3) is 0 Å². The van der Waals surface area contributed by atoms with Gasteiger partial charge in [0, 0.05) is 18.5 Å². The predicted molar refractivity (Wildman–Crippen MR) is 75.5 cm³/mol. The molecule has 0 heterocycles. The molecule has 1 aromatic rings. The van der Waals surface area contributed by atoms with Gasteiger partial charge in [-0.2, -0.15) is 0 Å². The molecule has 102 valence electrons. The van der Waals surface area contributed by atoms with Gasteiger partial charge in [0.2, 0.25) is 0 Å². The molecule has 0 fully saturated rings. The molecule has 0 aromatic heterocycles. The van der Waals surface area contributed by atoms with Crippen LogP contribution in [0.15, 0.2) is 29.2 Å². The van der Waals surface area contributed by atoms with Gasteiger partial charge >= 0.3 is 0 Å². The summed E-state index contributed by atoms with van der Waals surface area (Å²) in [4.78, 5) is 0.342. The zero-order valence-corrected chi connectivity index (χ0v) is 12.0. The molecule has 0 atom stereocenters. The van der Waals surface area contributed by atoms with Crippen molar-refractivity contribution in [1.29, 1.82) is 0 Å². The number of nitrogens with two attached hydrogens (primary N) is 1. The molecule has 0 saturated carbocycles. The van der Waals surface area contributed by atoms with Crippen molar-refractivity contribution in [2.75, 3.05) is 24.7 Å². The highest BCUT2D eigenvalue weighted by molar-refractivity contribution is 7.90. The van der Waals surface area contributed by atoms with Crippen molar-refractivity contribution in [3.8, 4) is 0 Å². The summed E-state index contributed by atoms with van der Waals surface area (Å²) in [5, 5.41) is 3.30. The van der Waals surface area contributed by atoms with Gasteiger partial charge in [-0.05, 0) is 42.6 Å². The van der Waals surface area contributed by atoms with Crippen molar-refractivity contribution in [2.24, 2.45) is 11.1 Å². The standard InChI is InChI=1S/C13H22N2O2S/c1-13(2,8-9-14)10-15-11-4-6-12(7-5-11)18(3,16)17/h4-7,15H,8-10,14H2,1-3H3. The summed E-state index contributed by atoms with van der Waals surface area (Å²) in [7, 11) is -3.12. The molecule has 18 heavy (non-hydrogen) atoms. The minimum absolute atomic E-state index is 0.129. The quantitative estimate of drug-likeness (QED) is 0.828. The summed E-state index contributed by atoms with van der Waals surface area (Å²) in [6, 6.07) is 6.81. The van der Waals surface area contributed by atoms with Crippen LogP contribution >= 0.6 is 0 Å². The lowest BCUT2D eigenvalue weighted by molar-refractivity contribution is 0.365. The molecular weight excluding hydrogens is 248 g/mol. The maximum absolute atomic E-state index is 11.3. The molecule has 0 radical (unpaired) electrons. The number of benzene rings is 1. The Kier molecular flexibility index (Phi) is 4.76. The summed E-state index contributed by atoms with van der Waals surface area (Å²) >= 11 is 0. The minimum atomic E-state index is -3.12. The van der Waals surface area contributed by atoms with Crippen LogP contribution in [0, 0.1) is 5.41 Å². The van der Waals surface area contributed by atoms with Crippen LogP contribution in [0.4, 0.5) is 5.69 Å². The zero-order chi connectivity index (χ0) is 13.8. The first-order valence-corrected chi connectivity index (χ1v) is 7.88. The Hall–Kier alpha value is -1.07. The topological polar surface area (TPSA) is 72.2 Å². The third-order valence-electron chi connectivity index (χ3n) is 2.87. The van der Waals surface area contributed by atoms with Crippen LogP contribution < -0.4 is 11.1 Å². The molecular formula is C13H22N2O2S. The highest BCUT2D eigenvalue weighted by Gasteiger charge is 2.16. The van der Waals surface area contributed by atoms with Gasteiger partial charge in [-0.15, -0.1) is 0 Å². The Morgan fingerprint density at radius 2 is 1.78 bits per heavy atom. The number of nitrogens with one attached hydrogen (secondary N) is 1. The average molecular weight is 270 g/mol. The molecule has 0 spiro atoms. The van der Waals surface area contributed by atoms with Gasteiger partial charge in [0.05, 0.1) is 4.90 Å². The van der Waals surface area contributed by atoms with Crippen molar-refractivity contribution in [3.63, 3.8) is 0 Å². The van der Waals surface area contributed by atoms with E-state index in [9.17, 15) is 8.42 Å². The second-order valence-electron chi connectivity index (χ2n) is 5.35. The lowest BCUT2D eigenvalue weighted by Gasteiger charge is -2.24. The smallest absolute Gasteiger partial charge is 0.175 e. The normalized spacial score (nSPS) is 12.4. The number of hydrogen-bond acceptors (Lipinski definition) is 4. The molecule has 0 aliphatic heterocycles. The van der Waals surface area contributed by atoms with Crippen molar-refractivity contribution in [3.05, 3.63) is 24.3 Å². The monoisotopic (exact) mass is 270 g/mol. The van der Waals surface area contributed by atoms with E-state index < -0.39 is 9.84 Å². The first-order chi connectivity index (χ1) is 8.24. The molecule has 0 aliphatic carbocycles. The molecule has 1 aromatic carbocycles. The van der Waals surface area contributed by atoms with E-state index in [-0.39, 0.29) is 5.41 Å². The summed E-state index contributed by atoms with van der Waals surface area (Å²) in [6.45, 7) is 5.78. The lowest BCUT2D eigenvalue weighted by atomic mass is 9.89. The molecule has 0 bridgehead atoms. The highest BCUT2D eigenvalue weighted by atomic mass is 32.2. The van der Waals surface area contributed by atoms with Gasteiger partial charge in [0.15, 0.2) is 9.84 Å². The molecule has 0 saturated heterocycles. The van der Waals surface area contributed by atoms with E-state index >= 15 is 0 Å². The van der Waals surface area contributed by atoms with Crippen LogP contribution in [0.25, 0.3) is 0 Å². The van der Waals surface area contributed by atoms with Gasteiger partial charge in [-0.25, -0.2) is 8.42 Å². The number of anilines is 1. The Balaban J connectivity index is 2.65. The van der Waals surface area contributed by atoms with E-state index in [2.05, 4.69) is 19.2 Å². The van der Waals surface area contributed by atoms with Crippen LogP contribution in [0.1, 0.15) is 20.3 Å². The van der Waals surface area contributed by atoms with Crippen LogP contribution in [0.5, 0.6) is 0 Å². The fraction of sp³-hybridized carbons (Fsp3) is 0.538. The summed E-state index contributed by atoms with van der Waals surface area (Å²) < 4.78 is 22.6. The van der Waals surface area contributed by atoms with Crippen molar-refractivity contribution >= 4 is 15.5 Å². The summed E-state index contributed by atoms with van der Waals surface area (Å²) in [5.74, 6) is 0. The predicted octanol–water partition coefficient (Wildman–Crippen LogP) is 1.88. The number of sulfone groups is 1. The van der Waals surface area contributed by atoms with Crippen molar-refractivity contribution < 1.29 is 8.42 Å². The van der Waals surface area contributed by atoms with E-state index in [4.69, 9.17) is 5.73 Å². The van der Waals surface area contributed by atoms with E-state index in [1.807, 2.05) is 0 Å². The second-order valence-corrected chi connectivity index (χ2v) is 7.37. The highest BCUT2D eigenvalue weighted by Crippen LogP contribution is 2.21. The van der Waals surface area contributed by atoms with E-state index in [0.29, 0.717) is 11.4 Å². The molecule has 4 nitrogen and oxygen atoms in total. The SMILES string of the molecule is CC(C)(CCN)CNc1ccc(S(C)(=O)=O)cc1. The fourth-order valence-electron chi connectivity index (χ4n) is 1.64. The zero-order valence-electron chi connectivity index (χ0n) is 11.2. The Bertz CT molecular complexity index is 478. The first-order valence-electron chi connectivity index (χ1n) is 5.99. The van der Waals surface area contributed by atoms with E-state index in [1.165, 1.54) is 6.26 Å². The van der Waals surface area contributed by atoms with Crippen molar-refractivity contribution in [1.82, 2.24) is 0 Å². The van der Waals surface area contributed by atoms with Crippen molar-refractivity contribution in [2.45, 2.75) is 25.2 Å². The molecule has 1 rings (SSSR count). The van der Waals surface area contributed by atoms with Gasteiger partial charge in [-0.1, -0.05) is 13.8 Å². The third-order valence-corrected chi connectivity index (χ3v) is 4.00. The van der Waals surface area contributed by atoms with Gasteiger partial charge < -0.3 is 11.1 Å². The van der Waals surface area contributed by atoms with Gasteiger partial charge in [-0.3, -0.25) is 0 Å². The van der Waals surface area contributed by atoms with E-state index in [1.54, 1.807) is 24.3 Å². The maximum Gasteiger partial charge on any atom is 0.175 e. The molecule has 0 unspecified atom stereocenters. The van der Waals surface area contributed by atoms with Crippen LogP contribution in [0.3, 0.4) is 0 Å². The lowest BCUT2D eigenvalue weighted by Crippen LogP contribution is -2.26. The number of hydrogen-bond donors (Lipinski definition) is 2. The van der Waals surface area contributed by atoms with Crippen LogP contribution in [-0.2, 0) is 9.84 Å². The van der Waals surface area contributed by atoms with Crippen LogP contribution in [-0.4, -0.2) is 27.8 Å². The summed E-state index contributed by atoms with van der Waals surface area (Å²) in [5.41, 5.74) is 6.61. The Labute approximate surface area is 110 Å². The fourth-order valence-corrected chi connectivity index (χ4v) is 2.27. The van der Waals surface area contributed by atoms with Gasteiger partial charge in [0.1, 0.15) is 0 Å². The third kappa shape index (κ3) is 4.66. The molecule has 0 amide bonds. The maximum atomic E-state index is 11.3. The Morgan fingerprint density at radius 3 is 2.22 bits per heavy atom. The molecule has 3 N–H and O–H groups in total. The first kappa shape index (κ1) is 15.0. The molecule has 5 heteroatoms. The molecule has 0 aliphatic rings.